The molecule has 0 atom stereocenters. The first kappa shape index (κ1) is 18.6. The van der Waals surface area contributed by atoms with Crippen LogP contribution in [-0.2, 0) is 4.79 Å². The van der Waals surface area contributed by atoms with Crippen LogP contribution in [0.25, 0.3) is 16.9 Å². The minimum absolute atomic E-state index is 0.0978. The zero-order valence-corrected chi connectivity index (χ0v) is 17.8. The Morgan fingerprint density at radius 1 is 0.967 bits per heavy atom. The molecule has 0 unspecified atom stereocenters. The molecule has 30 heavy (non-hydrogen) atoms. The van der Waals surface area contributed by atoms with Crippen molar-refractivity contribution in [1.29, 1.82) is 0 Å². The van der Waals surface area contributed by atoms with Crippen molar-refractivity contribution in [3.63, 3.8) is 0 Å². The van der Waals surface area contributed by atoms with Crippen LogP contribution in [-0.4, -0.2) is 35.7 Å². The van der Waals surface area contributed by atoms with Crippen molar-refractivity contribution < 1.29 is 4.79 Å². The predicted molar refractivity (Wildman–Crippen MR) is 115 cm³/mol. The second-order valence-electron chi connectivity index (χ2n) is 7.36. The third-order valence-corrected chi connectivity index (χ3v) is 5.63. The molecular formula is C21H16BrN7O. The summed E-state index contributed by atoms with van der Waals surface area (Å²) < 4.78 is 2.51. The van der Waals surface area contributed by atoms with Crippen LogP contribution in [0.2, 0.25) is 0 Å². The van der Waals surface area contributed by atoms with Gasteiger partial charge in [-0.15, -0.1) is 5.10 Å². The topological polar surface area (TPSA) is 89.2 Å². The Labute approximate surface area is 180 Å². The summed E-state index contributed by atoms with van der Waals surface area (Å²) in [6, 6.07) is 11.1. The standard InChI is InChI=1S/C21H16BrN7O/c1-21(2)15(18-23-9-3-10-24-18)17(16-19-25-11-4-12-28(19)27-26-16)29(20(21)30)14-7-5-13(22)6-8-14/h3-12H,1-2H3. The monoisotopic (exact) mass is 461 g/mol. The van der Waals surface area contributed by atoms with Gasteiger partial charge in [0.1, 0.15) is 0 Å². The summed E-state index contributed by atoms with van der Waals surface area (Å²) in [6.07, 6.45) is 6.77. The lowest BCUT2D eigenvalue weighted by Crippen LogP contribution is -2.33. The molecule has 8 nitrogen and oxygen atoms in total. The van der Waals surface area contributed by atoms with Crippen molar-refractivity contribution in [2.24, 2.45) is 5.41 Å². The van der Waals surface area contributed by atoms with Gasteiger partial charge in [-0.25, -0.2) is 19.5 Å². The smallest absolute Gasteiger partial charge is 0.241 e. The molecule has 5 rings (SSSR count). The Morgan fingerprint density at radius 2 is 1.67 bits per heavy atom. The molecule has 0 saturated heterocycles. The Bertz CT molecular complexity index is 1300. The number of hydrogen-bond donors (Lipinski definition) is 0. The number of rotatable bonds is 3. The van der Waals surface area contributed by atoms with E-state index in [1.54, 1.807) is 46.3 Å². The van der Waals surface area contributed by atoms with Crippen molar-refractivity contribution in [3.05, 3.63) is 77.2 Å². The fourth-order valence-corrected chi connectivity index (χ4v) is 3.93. The SMILES string of the molecule is CC1(C)C(=O)N(c2ccc(Br)cc2)C(c2nnn3cccnc23)=C1c1ncccn1. The second kappa shape index (κ2) is 6.81. The molecule has 0 spiro atoms. The maximum absolute atomic E-state index is 13.7. The molecule has 0 aliphatic carbocycles. The van der Waals surface area contributed by atoms with Crippen LogP contribution in [0.15, 0.2) is 65.7 Å². The van der Waals surface area contributed by atoms with E-state index < -0.39 is 5.41 Å². The van der Waals surface area contributed by atoms with Crippen LogP contribution < -0.4 is 4.90 Å². The van der Waals surface area contributed by atoms with Crippen LogP contribution in [0.3, 0.4) is 0 Å². The average Bonchev–Trinajstić information content (AvgIpc) is 3.26. The number of anilines is 1. The minimum atomic E-state index is -0.880. The molecule has 1 aliphatic rings. The number of fused-ring (bicyclic) bond motifs is 1. The highest BCUT2D eigenvalue weighted by atomic mass is 79.9. The van der Waals surface area contributed by atoms with Gasteiger partial charge in [-0.3, -0.25) is 9.69 Å². The molecule has 0 radical (unpaired) electrons. The van der Waals surface area contributed by atoms with Gasteiger partial charge < -0.3 is 0 Å². The maximum atomic E-state index is 13.7. The first-order valence-electron chi connectivity index (χ1n) is 9.27. The summed E-state index contributed by atoms with van der Waals surface area (Å²) in [5.74, 6) is 0.377. The van der Waals surface area contributed by atoms with Crippen LogP contribution in [0.4, 0.5) is 5.69 Å². The molecule has 0 bridgehead atoms. The van der Waals surface area contributed by atoms with E-state index in [4.69, 9.17) is 0 Å². The number of benzene rings is 1. The summed E-state index contributed by atoms with van der Waals surface area (Å²) in [7, 11) is 0. The van der Waals surface area contributed by atoms with E-state index in [1.165, 1.54) is 0 Å². The third-order valence-electron chi connectivity index (χ3n) is 5.10. The lowest BCUT2D eigenvalue weighted by Gasteiger charge is -2.22. The van der Waals surface area contributed by atoms with Gasteiger partial charge in [-0.2, -0.15) is 0 Å². The van der Waals surface area contributed by atoms with Crippen LogP contribution in [0, 0.1) is 5.41 Å². The van der Waals surface area contributed by atoms with E-state index in [2.05, 4.69) is 41.2 Å². The highest BCUT2D eigenvalue weighted by Crippen LogP contribution is 2.50. The molecule has 9 heteroatoms. The summed E-state index contributed by atoms with van der Waals surface area (Å²) in [5.41, 5.74) is 2.16. The fraction of sp³-hybridized carbons (Fsp3) is 0.143. The molecule has 3 aromatic heterocycles. The Kier molecular flexibility index (Phi) is 4.21. The van der Waals surface area contributed by atoms with Crippen molar-refractivity contribution in [3.8, 4) is 0 Å². The van der Waals surface area contributed by atoms with Gasteiger partial charge in [0.25, 0.3) is 0 Å². The molecular weight excluding hydrogens is 446 g/mol. The number of carbonyl (C=O) groups is 1. The number of aromatic nitrogens is 6. The van der Waals surface area contributed by atoms with Gasteiger partial charge in [0, 0.05) is 40.5 Å². The summed E-state index contributed by atoms with van der Waals surface area (Å²) in [4.78, 5) is 28.7. The lowest BCUT2D eigenvalue weighted by atomic mass is 9.84. The third kappa shape index (κ3) is 2.73. The average molecular weight is 462 g/mol. The maximum Gasteiger partial charge on any atom is 0.241 e. The molecule has 1 amide bonds. The van der Waals surface area contributed by atoms with Crippen LogP contribution in [0.5, 0.6) is 0 Å². The predicted octanol–water partition coefficient (Wildman–Crippen LogP) is 3.62. The normalized spacial score (nSPS) is 16.0. The van der Waals surface area contributed by atoms with E-state index in [9.17, 15) is 4.79 Å². The van der Waals surface area contributed by atoms with E-state index >= 15 is 0 Å². The zero-order valence-electron chi connectivity index (χ0n) is 16.2. The molecule has 148 valence electrons. The molecule has 0 fully saturated rings. The van der Waals surface area contributed by atoms with Gasteiger partial charge in [0.2, 0.25) is 5.91 Å². The number of amides is 1. The first-order valence-corrected chi connectivity index (χ1v) is 10.1. The van der Waals surface area contributed by atoms with Gasteiger partial charge in [-0.1, -0.05) is 21.1 Å². The Hall–Kier alpha value is -3.46. The fourth-order valence-electron chi connectivity index (χ4n) is 3.67. The van der Waals surface area contributed by atoms with E-state index in [0.29, 0.717) is 34.1 Å². The van der Waals surface area contributed by atoms with Crippen LogP contribution >= 0.6 is 15.9 Å². The van der Waals surface area contributed by atoms with Gasteiger partial charge in [0.15, 0.2) is 17.2 Å². The van der Waals surface area contributed by atoms with Crippen molar-refractivity contribution in [1.82, 2.24) is 29.8 Å². The number of carbonyl (C=O) groups excluding carboxylic acids is 1. The largest absolute Gasteiger partial charge is 0.277 e. The van der Waals surface area contributed by atoms with Gasteiger partial charge in [-0.05, 0) is 50.2 Å². The minimum Gasteiger partial charge on any atom is -0.277 e. The van der Waals surface area contributed by atoms with E-state index in [1.807, 2.05) is 38.1 Å². The van der Waals surface area contributed by atoms with E-state index in [0.717, 1.165) is 4.47 Å². The summed E-state index contributed by atoms with van der Waals surface area (Å²) in [6.45, 7) is 3.75. The highest BCUT2D eigenvalue weighted by Gasteiger charge is 2.50. The van der Waals surface area contributed by atoms with E-state index in [-0.39, 0.29) is 5.91 Å². The molecule has 1 aromatic carbocycles. The number of nitrogens with zero attached hydrogens (tertiary/aromatic N) is 7. The molecule has 1 aliphatic heterocycles. The Morgan fingerprint density at radius 3 is 2.40 bits per heavy atom. The lowest BCUT2D eigenvalue weighted by molar-refractivity contribution is -0.122. The number of hydrogen-bond acceptors (Lipinski definition) is 6. The van der Waals surface area contributed by atoms with Gasteiger partial charge >= 0.3 is 0 Å². The molecule has 0 N–H and O–H groups in total. The number of halogens is 1. The highest BCUT2D eigenvalue weighted by molar-refractivity contribution is 9.10. The van der Waals surface area contributed by atoms with Crippen molar-refractivity contribution in [2.45, 2.75) is 13.8 Å². The Balaban J connectivity index is 1.86. The summed E-state index contributed by atoms with van der Waals surface area (Å²) in [5, 5.41) is 8.57. The van der Waals surface area contributed by atoms with Crippen LogP contribution in [0.1, 0.15) is 25.4 Å². The van der Waals surface area contributed by atoms with Gasteiger partial charge in [0.05, 0.1) is 11.1 Å². The summed E-state index contributed by atoms with van der Waals surface area (Å²) >= 11 is 3.46. The van der Waals surface area contributed by atoms with Crippen molar-refractivity contribution in [2.75, 3.05) is 4.90 Å². The second-order valence-corrected chi connectivity index (χ2v) is 8.28. The molecule has 4 aromatic rings. The molecule has 4 heterocycles. The molecule has 0 saturated carbocycles. The zero-order chi connectivity index (χ0) is 20.9. The van der Waals surface area contributed by atoms with Crippen molar-refractivity contribution >= 4 is 44.4 Å². The first-order chi connectivity index (χ1) is 14.5. The quantitative estimate of drug-likeness (QED) is 0.462.